The van der Waals surface area contributed by atoms with E-state index in [1.54, 1.807) is 12.3 Å². The Bertz CT molecular complexity index is 1180. The number of nitrogens with zero attached hydrogens (tertiary/aromatic N) is 6. The normalized spacial score (nSPS) is 20.0. The molecular weight excluding hydrogens is 428 g/mol. The number of hydrogen-bond acceptors (Lipinski definition) is 7. The summed E-state index contributed by atoms with van der Waals surface area (Å²) in [5, 5.41) is 3.99. The number of alkyl halides is 2. The molecule has 3 aromatic heterocycles. The Labute approximate surface area is 178 Å². The van der Waals surface area contributed by atoms with E-state index >= 15 is 0 Å². The number of fused-ring (bicyclic) bond motifs is 1. The third-order valence-electron chi connectivity index (χ3n) is 5.43. The Kier molecular flexibility index (Phi) is 5.84. The maximum absolute atomic E-state index is 13.1. The van der Waals surface area contributed by atoms with E-state index in [1.165, 1.54) is 23.0 Å². The number of piperidine rings is 1. The largest absolute Gasteiger partial charge is 0.353 e. The minimum absolute atomic E-state index is 0.149. The Hall–Kier alpha value is -2.73. The zero-order valence-corrected chi connectivity index (χ0v) is 17.9. The van der Waals surface area contributed by atoms with E-state index in [4.69, 9.17) is 0 Å². The highest BCUT2D eigenvalue weighted by atomic mass is 32.2. The first-order valence-electron chi connectivity index (χ1n) is 9.88. The van der Waals surface area contributed by atoms with E-state index < -0.39 is 16.4 Å². The van der Waals surface area contributed by atoms with Crippen LogP contribution in [0.25, 0.3) is 17.0 Å². The SMILES string of the molecule is C[C@@H]1CC[C@H](CNS(C)(=O)=O)CN1c1cc(-c2cnc3ccc(C(F)F)nn23)ncn1. The maximum Gasteiger partial charge on any atom is 0.282 e. The first kappa shape index (κ1) is 21.5. The highest BCUT2D eigenvalue weighted by Crippen LogP contribution is 2.29. The predicted octanol–water partition coefficient (Wildman–Crippen LogP) is 2.28. The van der Waals surface area contributed by atoms with Gasteiger partial charge in [-0.2, -0.15) is 5.10 Å². The minimum atomic E-state index is -3.25. The van der Waals surface area contributed by atoms with Gasteiger partial charge in [0.2, 0.25) is 10.0 Å². The predicted molar refractivity (Wildman–Crippen MR) is 111 cm³/mol. The third-order valence-corrected chi connectivity index (χ3v) is 6.12. The summed E-state index contributed by atoms with van der Waals surface area (Å²) in [6.45, 7) is 3.10. The highest BCUT2D eigenvalue weighted by Gasteiger charge is 2.27. The monoisotopic (exact) mass is 451 g/mol. The van der Waals surface area contributed by atoms with Crippen LogP contribution in [-0.2, 0) is 10.0 Å². The lowest BCUT2D eigenvalue weighted by Gasteiger charge is -2.39. The summed E-state index contributed by atoms with van der Waals surface area (Å²) in [7, 11) is -3.25. The molecule has 1 aliphatic heterocycles. The molecule has 9 nitrogen and oxygen atoms in total. The lowest BCUT2D eigenvalue weighted by atomic mass is 9.93. The fraction of sp³-hybridized carbons (Fsp3) is 0.474. The minimum Gasteiger partial charge on any atom is -0.353 e. The van der Waals surface area contributed by atoms with E-state index in [0.717, 1.165) is 19.1 Å². The van der Waals surface area contributed by atoms with E-state index in [0.29, 0.717) is 35.9 Å². The molecule has 0 saturated carbocycles. The Balaban J connectivity index is 1.62. The fourth-order valence-electron chi connectivity index (χ4n) is 3.76. The molecule has 0 aliphatic carbocycles. The van der Waals surface area contributed by atoms with E-state index in [2.05, 4.69) is 36.6 Å². The van der Waals surface area contributed by atoms with Gasteiger partial charge in [-0.1, -0.05) is 0 Å². The molecule has 166 valence electrons. The first-order chi connectivity index (χ1) is 14.7. The van der Waals surface area contributed by atoms with Crippen LogP contribution >= 0.6 is 0 Å². The second kappa shape index (κ2) is 8.42. The van der Waals surface area contributed by atoms with Crippen LogP contribution in [0.4, 0.5) is 14.6 Å². The quantitative estimate of drug-likeness (QED) is 0.613. The fourth-order valence-corrected chi connectivity index (χ4v) is 4.30. The van der Waals surface area contributed by atoms with Gasteiger partial charge >= 0.3 is 0 Å². The average molecular weight is 452 g/mol. The van der Waals surface area contributed by atoms with Crippen molar-refractivity contribution in [2.75, 3.05) is 24.2 Å². The van der Waals surface area contributed by atoms with E-state index in [1.807, 2.05) is 0 Å². The standard InChI is InChI=1S/C19H23F2N7O2S/c1-12-3-4-13(8-25-31(2,29)30)10-27(12)18-7-15(23-11-24-18)16-9-22-17-6-5-14(19(20)21)26-28(16)17/h5-7,9,11-13,19,25H,3-4,8,10H2,1-2H3/t12-,13-/m1/s1. The summed E-state index contributed by atoms with van der Waals surface area (Å²) < 4.78 is 53.0. The van der Waals surface area contributed by atoms with Gasteiger partial charge in [-0.3, -0.25) is 0 Å². The zero-order chi connectivity index (χ0) is 22.2. The molecule has 31 heavy (non-hydrogen) atoms. The summed E-state index contributed by atoms with van der Waals surface area (Å²) in [5.41, 5.74) is 1.10. The molecule has 12 heteroatoms. The average Bonchev–Trinajstić information content (AvgIpc) is 3.16. The number of anilines is 1. The van der Waals surface area contributed by atoms with Crippen molar-refractivity contribution < 1.29 is 17.2 Å². The van der Waals surface area contributed by atoms with Gasteiger partial charge in [-0.05, 0) is 37.8 Å². The third kappa shape index (κ3) is 4.79. The van der Waals surface area contributed by atoms with Crippen LogP contribution in [0.3, 0.4) is 0 Å². The molecule has 1 fully saturated rings. The Morgan fingerprint density at radius 3 is 2.77 bits per heavy atom. The van der Waals surface area contributed by atoms with Crippen LogP contribution in [0, 0.1) is 5.92 Å². The molecule has 0 radical (unpaired) electrons. The van der Waals surface area contributed by atoms with Gasteiger partial charge in [0.05, 0.1) is 18.1 Å². The summed E-state index contributed by atoms with van der Waals surface area (Å²) in [5.74, 6) is 0.830. The number of rotatable bonds is 6. The van der Waals surface area contributed by atoms with Gasteiger partial charge < -0.3 is 4.90 Å². The summed E-state index contributed by atoms with van der Waals surface area (Å²) in [6, 6.07) is 4.74. The first-order valence-corrected chi connectivity index (χ1v) is 11.8. The summed E-state index contributed by atoms with van der Waals surface area (Å²) in [4.78, 5) is 15.0. The summed E-state index contributed by atoms with van der Waals surface area (Å²) in [6.07, 6.45) is 3.23. The Morgan fingerprint density at radius 2 is 2.03 bits per heavy atom. The van der Waals surface area contributed by atoms with E-state index in [9.17, 15) is 17.2 Å². The van der Waals surface area contributed by atoms with Crippen molar-refractivity contribution in [1.82, 2.24) is 29.3 Å². The van der Waals surface area contributed by atoms with Gasteiger partial charge in [-0.25, -0.2) is 41.4 Å². The molecule has 0 spiro atoms. The van der Waals surface area contributed by atoms with Crippen LogP contribution in [0.2, 0.25) is 0 Å². The van der Waals surface area contributed by atoms with Gasteiger partial charge in [0.25, 0.3) is 6.43 Å². The molecule has 1 saturated heterocycles. The molecule has 1 aliphatic rings. The van der Waals surface area contributed by atoms with Crippen molar-refractivity contribution in [1.29, 1.82) is 0 Å². The van der Waals surface area contributed by atoms with Crippen molar-refractivity contribution >= 4 is 21.5 Å². The molecule has 0 amide bonds. The van der Waals surface area contributed by atoms with Gasteiger partial charge in [0.15, 0.2) is 5.65 Å². The highest BCUT2D eigenvalue weighted by molar-refractivity contribution is 7.88. The number of halogens is 2. The molecule has 0 unspecified atom stereocenters. The number of imidazole rings is 1. The van der Waals surface area contributed by atoms with Crippen molar-refractivity contribution in [3.63, 3.8) is 0 Å². The molecule has 4 rings (SSSR count). The van der Waals surface area contributed by atoms with Crippen LogP contribution in [0.15, 0.2) is 30.7 Å². The molecule has 0 aromatic carbocycles. The number of sulfonamides is 1. The van der Waals surface area contributed by atoms with Crippen LogP contribution in [-0.4, -0.2) is 58.4 Å². The lowest BCUT2D eigenvalue weighted by molar-refractivity contribution is 0.144. The van der Waals surface area contributed by atoms with Gasteiger partial charge in [0, 0.05) is 25.2 Å². The van der Waals surface area contributed by atoms with Crippen LogP contribution in [0.5, 0.6) is 0 Å². The van der Waals surface area contributed by atoms with Crippen molar-refractivity contribution in [3.05, 3.63) is 36.4 Å². The lowest BCUT2D eigenvalue weighted by Crippen LogP contribution is -2.45. The van der Waals surface area contributed by atoms with Gasteiger partial charge in [0.1, 0.15) is 23.5 Å². The molecule has 1 N–H and O–H groups in total. The Morgan fingerprint density at radius 1 is 1.23 bits per heavy atom. The molecular formula is C19H23F2N7O2S. The number of aromatic nitrogens is 5. The molecule has 2 atom stereocenters. The molecule has 0 bridgehead atoms. The van der Waals surface area contributed by atoms with E-state index in [-0.39, 0.29) is 17.7 Å². The zero-order valence-electron chi connectivity index (χ0n) is 17.1. The van der Waals surface area contributed by atoms with Crippen LogP contribution in [0.1, 0.15) is 31.9 Å². The smallest absolute Gasteiger partial charge is 0.282 e. The second-order valence-electron chi connectivity index (χ2n) is 7.80. The van der Waals surface area contributed by atoms with Gasteiger partial charge in [-0.15, -0.1) is 0 Å². The molecule has 3 aromatic rings. The number of nitrogens with one attached hydrogen (secondary N) is 1. The molecule has 4 heterocycles. The van der Waals surface area contributed by atoms with Crippen LogP contribution < -0.4 is 9.62 Å². The van der Waals surface area contributed by atoms with Crippen molar-refractivity contribution in [3.8, 4) is 11.4 Å². The topological polar surface area (TPSA) is 105 Å². The van der Waals surface area contributed by atoms with Crippen molar-refractivity contribution in [2.24, 2.45) is 5.92 Å². The van der Waals surface area contributed by atoms with Crippen molar-refractivity contribution in [2.45, 2.75) is 32.2 Å². The maximum atomic E-state index is 13.1. The number of hydrogen-bond donors (Lipinski definition) is 1. The summed E-state index contributed by atoms with van der Waals surface area (Å²) >= 11 is 0. The second-order valence-corrected chi connectivity index (χ2v) is 9.63.